The molecule has 0 bridgehead atoms. The second-order valence-electron chi connectivity index (χ2n) is 6.85. The number of ether oxygens (including phenoxy) is 3. The van der Waals surface area contributed by atoms with Crippen LogP contribution in [0.5, 0.6) is 23.0 Å². The summed E-state index contributed by atoms with van der Waals surface area (Å²) in [5, 5.41) is 21.1. The maximum Gasteiger partial charge on any atom is 0.168 e. The number of hydrogen-bond acceptors (Lipinski definition) is 6. The van der Waals surface area contributed by atoms with Gasteiger partial charge >= 0.3 is 0 Å². The van der Waals surface area contributed by atoms with Gasteiger partial charge in [-0.2, -0.15) is 0 Å². The second-order valence-corrected chi connectivity index (χ2v) is 6.85. The molecule has 2 aliphatic rings. The lowest BCUT2D eigenvalue weighted by Crippen LogP contribution is -2.38. The lowest BCUT2D eigenvalue weighted by molar-refractivity contribution is 0.0828. The Kier molecular flexibility index (Phi) is 3.97. The van der Waals surface area contributed by atoms with Crippen molar-refractivity contribution in [2.75, 3.05) is 34.9 Å². The quantitative estimate of drug-likeness (QED) is 0.880. The number of fused-ring (bicyclic) bond motifs is 2. The summed E-state index contributed by atoms with van der Waals surface area (Å²) in [6.45, 7) is 0.519. The summed E-state index contributed by atoms with van der Waals surface area (Å²) in [7, 11) is 6.77. The van der Waals surface area contributed by atoms with Crippen LogP contribution in [-0.2, 0) is 6.42 Å². The van der Waals surface area contributed by atoms with E-state index < -0.39 is 6.10 Å². The van der Waals surface area contributed by atoms with Crippen LogP contribution in [0.15, 0.2) is 18.2 Å². The Morgan fingerprint density at radius 3 is 2.38 bits per heavy atom. The van der Waals surface area contributed by atoms with Crippen molar-refractivity contribution in [2.24, 2.45) is 0 Å². The Balaban J connectivity index is 2.08. The van der Waals surface area contributed by atoms with Gasteiger partial charge < -0.3 is 24.4 Å². The molecule has 0 amide bonds. The number of phenolic OH excluding ortho intramolecular Hbond substituents is 1. The van der Waals surface area contributed by atoms with Crippen molar-refractivity contribution in [2.45, 2.75) is 18.6 Å². The molecule has 2 aromatic rings. The van der Waals surface area contributed by atoms with Crippen molar-refractivity contribution < 1.29 is 24.4 Å². The summed E-state index contributed by atoms with van der Waals surface area (Å²) in [6.07, 6.45) is 0.135. The standard InChI is InChI=1S/C20H23NO5/c1-21-9-15(23)12-7-14(22)20(26-4)19-11-8-17(25-3)16(24-2)6-10(11)5-13(21)18(12)19/h6-8,13,15,22-23H,5,9H2,1-4H3/t13-,15-/m0/s1. The number of benzene rings is 2. The molecule has 2 aromatic carbocycles. The summed E-state index contributed by atoms with van der Waals surface area (Å²) in [5.41, 5.74) is 4.63. The number of aliphatic hydroxyl groups excluding tert-OH is 1. The third kappa shape index (κ3) is 2.26. The molecule has 1 aliphatic heterocycles. The first kappa shape index (κ1) is 17.0. The monoisotopic (exact) mass is 357 g/mol. The van der Waals surface area contributed by atoms with Crippen LogP contribution in [0.1, 0.15) is 28.8 Å². The third-order valence-electron chi connectivity index (χ3n) is 5.51. The second kappa shape index (κ2) is 6.07. The van der Waals surface area contributed by atoms with E-state index in [1.807, 2.05) is 19.2 Å². The predicted molar refractivity (Wildman–Crippen MR) is 97.2 cm³/mol. The van der Waals surface area contributed by atoms with Crippen LogP contribution in [0.4, 0.5) is 0 Å². The Hall–Kier alpha value is -2.44. The molecular formula is C20H23NO5. The highest BCUT2D eigenvalue weighted by molar-refractivity contribution is 5.85. The van der Waals surface area contributed by atoms with Crippen molar-refractivity contribution in [3.63, 3.8) is 0 Å². The van der Waals surface area contributed by atoms with Crippen LogP contribution in [0.25, 0.3) is 11.1 Å². The number of hydrogen-bond donors (Lipinski definition) is 2. The normalized spacial score (nSPS) is 21.0. The molecule has 2 atom stereocenters. The van der Waals surface area contributed by atoms with Gasteiger partial charge in [-0.25, -0.2) is 0 Å². The van der Waals surface area contributed by atoms with Gasteiger partial charge in [-0.05, 0) is 53.9 Å². The number of rotatable bonds is 3. The molecular weight excluding hydrogens is 334 g/mol. The SMILES string of the molecule is COc1cc2c(cc1OC)-c1c(OC)c(O)cc3c1[C@H](C2)N(C)C[C@@H]3O. The Labute approximate surface area is 152 Å². The molecule has 6 heteroatoms. The largest absolute Gasteiger partial charge is 0.504 e. The van der Waals surface area contributed by atoms with Gasteiger partial charge in [0.25, 0.3) is 0 Å². The Morgan fingerprint density at radius 1 is 1.04 bits per heavy atom. The van der Waals surface area contributed by atoms with Crippen LogP contribution >= 0.6 is 0 Å². The summed E-state index contributed by atoms with van der Waals surface area (Å²) in [5.74, 6) is 1.75. The minimum atomic E-state index is -0.650. The highest BCUT2D eigenvalue weighted by Crippen LogP contribution is 2.54. The summed E-state index contributed by atoms with van der Waals surface area (Å²) in [4.78, 5) is 2.15. The minimum absolute atomic E-state index is 0.0336. The van der Waals surface area contributed by atoms with Gasteiger partial charge in [0, 0.05) is 18.2 Å². The van der Waals surface area contributed by atoms with E-state index in [0.29, 0.717) is 23.8 Å². The van der Waals surface area contributed by atoms with Crippen LogP contribution in [0.2, 0.25) is 0 Å². The third-order valence-corrected chi connectivity index (χ3v) is 5.51. The fraction of sp³-hybridized carbons (Fsp3) is 0.400. The molecule has 4 rings (SSSR count). The lowest BCUT2D eigenvalue weighted by Gasteiger charge is -2.42. The number of β-amino-alcohol motifs (C(OH)–C–C–N with tert-alkyl or cyclic N) is 1. The van der Waals surface area contributed by atoms with Gasteiger partial charge in [0.2, 0.25) is 0 Å². The minimum Gasteiger partial charge on any atom is -0.504 e. The number of aromatic hydroxyl groups is 1. The molecule has 0 radical (unpaired) electrons. The number of phenols is 1. The smallest absolute Gasteiger partial charge is 0.168 e. The molecule has 2 N–H and O–H groups in total. The topological polar surface area (TPSA) is 71.4 Å². The van der Waals surface area contributed by atoms with Crippen LogP contribution in [0, 0.1) is 0 Å². The molecule has 6 nitrogen and oxygen atoms in total. The fourth-order valence-electron chi connectivity index (χ4n) is 4.30. The van der Waals surface area contributed by atoms with Crippen LogP contribution in [-0.4, -0.2) is 50.0 Å². The zero-order valence-corrected chi connectivity index (χ0v) is 15.4. The number of nitrogens with zero attached hydrogens (tertiary/aromatic N) is 1. The molecule has 138 valence electrons. The van der Waals surface area contributed by atoms with Crippen LogP contribution < -0.4 is 14.2 Å². The van der Waals surface area contributed by atoms with E-state index >= 15 is 0 Å². The average molecular weight is 357 g/mol. The van der Waals surface area contributed by atoms with E-state index in [0.717, 1.165) is 34.2 Å². The molecule has 0 spiro atoms. The molecule has 0 saturated carbocycles. The molecule has 0 saturated heterocycles. The Morgan fingerprint density at radius 2 is 1.73 bits per heavy atom. The molecule has 1 aliphatic carbocycles. The van der Waals surface area contributed by atoms with E-state index in [1.165, 1.54) is 0 Å². The summed E-state index contributed by atoms with van der Waals surface area (Å²) < 4.78 is 16.5. The molecule has 26 heavy (non-hydrogen) atoms. The average Bonchev–Trinajstić information content (AvgIpc) is 2.64. The maximum atomic E-state index is 10.6. The zero-order valence-electron chi connectivity index (χ0n) is 15.4. The first-order chi connectivity index (χ1) is 12.5. The van der Waals surface area contributed by atoms with Crippen molar-refractivity contribution >= 4 is 0 Å². The number of methoxy groups -OCH3 is 3. The van der Waals surface area contributed by atoms with E-state index in [1.54, 1.807) is 27.4 Å². The van der Waals surface area contributed by atoms with Crippen molar-refractivity contribution in [1.29, 1.82) is 0 Å². The van der Waals surface area contributed by atoms with Gasteiger partial charge in [0.15, 0.2) is 23.0 Å². The molecule has 0 unspecified atom stereocenters. The van der Waals surface area contributed by atoms with E-state index in [4.69, 9.17) is 14.2 Å². The first-order valence-electron chi connectivity index (χ1n) is 8.57. The highest BCUT2D eigenvalue weighted by Gasteiger charge is 2.39. The molecule has 0 fully saturated rings. The zero-order chi connectivity index (χ0) is 18.6. The lowest BCUT2D eigenvalue weighted by atomic mass is 9.76. The number of aliphatic hydroxyl groups is 1. The maximum absolute atomic E-state index is 10.6. The predicted octanol–water partition coefficient (Wildman–Crippen LogP) is 2.66. The first-order valence-corrected chi connectivity index (χ1v) is 8.57. The van der Waals surface area contributed by atoms with E-state index in [2.05, 4.69) is 4.90 Å². The van der Waals surface area contributed by atoms with E-state index in [-0.39, 0.29) is 11.8 Å². The highest BCUT2D eigenvalue weighted by atomic mass is 16.5. The van der Waals surface area contributed by atoms with Crippen molar-refractivity contribution in [3.05, 3.63) is 34.9 Å². The van der Waals surface area contributed by atoms with Gasteiger partial charge in [0.1, 0.15) is 0 Å². The van der Waals surface area contributed by atoms with Gasteiger partial charge in [-0.15, -0.1) is 0 Å². The van der Waals surface area contributed by atoms with Gasteiger partial charge in [-0.1, -0.05) is 0 Å². The molecule has 1 heterocycles. The van der Waals surface area contributed by atoms with Crippen molar-refractivity contribution in [3.8, 4) is 34.1 Å². The summed E-state index contributed by atoms with van der Waals surface area (Å²) >= 11 is 0. The fourth-order valence-corrected chi connectivity index (χ4v) is 4.30. The molecule has 0 aromatic heterocycles. The van der Waals surface area contributed by atoms with Gasteiger partial charge in [-0.3, -0.25) is 4.90 Å². The van der Waals surface area contributed by atoms with Gasteiger partial charge in [0.05, 0.1) is 27.4 Å². The van der Waals surface area contributed by atoms with Crippen LogP contribution in [0.3, 0.4) is 0 Å². The van der Waals surface area contributed by atoms with E-state index in [9.17, 15) is 10.2 Å². The Bertz CT molecular complexity index is 879. The summed E-state index contributed by atoms with van der Waals surface area (Å²) in [6, 6.07) is 5.64. The number of likely N-dealkylation sites (N-methyl/N-ethyl adjacent to an activating group) is 1. The van der Waals surface area contributed by atoms with Crippen molar-refractivity contribution in [1.82, 2.24) is 4.90 Å².